The molecule has 3 aromatic carbocycles. The Morgan fingerprint density at radius 3 is 2.46 bits per heavy atom. The van der Waals surface area contributed by atoms with Gasteiger partial charge in [-0.1, -0.05) is 26.8 Å². The quantitative estimate of drug-likeness (QED) is 0.263. The van der Waals surface area contributed by atoms with Crippen LogP contribution in [-0.2, 0) is 5.41 Å². The van der Waals surface area contributed by atoms with Gasteiger partial charge in [-0.3, -0.25) is 4.57 Å². The minimum atomic E-state index is -0.0156. The van der Waals surface area contributed by atoms with Gasteiger partial charge in [0, 0.05) is 41.5 Å². The summed E-state index contributed by atoms with van der Waals surface area (Å²) in [6.45, 7) is 6.58. The summed E-state index contributed by atoms with van der Waals surface area (Å²) in [5.41, 5.74) is 4.68. The Bertz CT molecular complexity index is 1800. The van der Waals surface area contributed by atoms with Gasteiger partial charge in [0.2, 0.25) is 0 Å². The molecule has 0 aliphatic rings. The van der Waals surface area contributed by atoms with Gasteiger partial charge in [-0.05, 0) is 71.6 Å². The first-order chi connectivity index (χ1) is 17.9. The van der Waals surface area contributed by atoms with Crippen molar-refractivity contribution < 1.29 is 4.74 Å². The van der Waals surface area contributed by atoms with Crippen LogP contribution in [0.4, 0.5) is 0 Å². The minimum Gasteiger partial charge on any atom is -0.457 e. The second-order valence-corrected chi connectivity index (χ2v) is 10.1. The van der Waals surface area contributed by atoms with Crippen molar-refractivity contribution in [1.82, 2.24) is 19.3 Å². The number of fused-ring (bicyclic) bond motifs is 3. The molecule has 0 spiro atoms. The zero-order valence-corrected chi connectivity index (χ0v) is 20.9. The van der Waals surface area contributed by atoms with E-state index in [1.54, 1.807) is 10.9 Å². The third-order valence-electron chi connectivity index (χ3n) is 6.53. The van der Waals surface area contributed by atoms with Gasteiger partial charge in [0.05, 0.1) is 28.4 Å². The van der Waals surface area contributed by atoms with Crippen molar-refractivity contribution >= 4 is 21.8 Å². The molecule has 3 aromatic heterocycles. The lowest BCUT2D eigenvalue weighted by Gasteiger charge is -2.20. The zero-order chi connectivity index (χ0) is 25.6. The van der Waals surface area contributed by atoms with Crippen LogP contribution in [0.25, 0.3) is 33.3 Å². The molecule has 6 rings (SSSR count). The van der Waals surface area contributed by atoms with E-state index in [0.717, 1.165) is 39.1 Å². The summed E-state index contributed by atoms with van der Waals surface area (Å²) in [5, 5.41) is 15.9. The van der Waals surface area contributed by atoms with Crippen molar-refractivity contribution in [3.8, 4) is 29.1 Å². The number of ether oxygens (including phenoxy) is 1. The maximum absolute atomic E-state index is 9.52. The van der Waals surface area contributed by atoms with E-state index in [4.69, 9.17) is 9.72 Å². The van der Waals surface area contributed by atoms with Gasteiger partial charge >= 0.3 is 0 Å². The van der Waals surface area contributed by atoms with Crippen molar-refractivity contribution in [2.75, 3.05) is 0 Å². The molecule has 0 amide bonds. The number of pyridine rings is 1. The van der Waals surface area contributed by atoms with Crippen LogP contribution in [0.1, 0.15) is 31.9 Å². The molecule has 0 radical (unpaired) electrons. The minimum absolute atomic E-state index is 0.0156. The normalized spacial score (nSPS) is 11.6. The van der Waals surface area contributed by atoms with Crippen LogP contribution >= 0.6 is 0 Å². The second-order valence-electron chi connectivity index (χ2n) is 10.1. The summed E-state index contributed by atoms with van der Waals surface area (Å²) < 4.78 is 10.3. The van der Waals surface area contributed by atoms with Crippen molar-refractivity contribution in [3.05, 3.63) is 109 Å². The highest BCUT2D eigenvalue weighted by Crippen LogP contribution is 2.36. The Labute approximate surface area is 215 Å². The largest absolute Gasteiger partial charge is 0.457 e. The molecule has 0 aliphatic heterocycles. The van der Waals surface area contributed by atoms with E-state index in [1.807, 2.05) is 73.1 Å². The molecule has 0 aliphatic carbocycles. The molecule has 37 heavy (non-hydrogen) atoms. The third-order valence-corrected chi connectivity index (χ3v) is 6.53. The van der Waals surface area contributed by atoms with E-state index in [0.29, 0.717) is 11.3 Å². The molecular weight excluding hydrogens is 458 g/mol. The molecule has 0 fully saturated rings. The average molecular weight is 484 g/mol. The van der Waals surface area contributed by atoms with Crippen LogP contribution in [0.15, 0.2) is 97.5 Å². The number of hydrogen-bond acceptors (Lipinski definition) is 4. The third kappa shape index (κ3) is 4.11. The predicted molar refractivity (Wildman–Crippen MR) is 146 cm³/mol. The van der Waals surface area contributed by atoms with Crippen molar-refractivity contribution in [2.45, 2.75) is 26.2 Å². The van der Waals surface area contributed by atoms with Crippen molar-refractivity contribution in [2.24, 2.45) is 0 Å². The molecular formula is C31H25N5O. The fraction of sp³-hybridized carbons (Fsp3) is 0.129. The zero-order valence-electron chi connectivity index (χ0n) is 20.9. The van der Waals surface area contributed by atoms with Gasteiger partial charge in [0.15, 0.2) is 0 Å². The Morgan fingerprint density at radius 1 is 0.811 bits per heavy atom. The molecule has 6 heteroatoms. The highest BCUT2D eigenvalue weighted by molar-refractivity contribution is 6.09. The molecule has 3 heterocycles. The first-order valence-electron chi connectivity index (χ1n) is 12.1. The Hall–Kier alpha value is -4.89. The number of rotatable bonds is 4. The van der Waals surface area contributed by atoms with E-state index >= 15 is 0 Å². The van der Waals surface area contributed by atoms with E-state index in [2.05, 4.69) is 54.7 Å². The lowest BCUT2D eigenvalue weighted by atomic mass is 9.88. The summed E-state index contributed by atoms with van der Waals surface area (Å²) >= 11 is 0. The van der Waals surface area contributed by atoms with Gasteiger partial charge in [-0.15, -0.1) is 0 Å². The summed E-state index contributed by atoms with van der Waals surface area (Å²) in [4.78, 5) is 4.74. The van der Waals surface area contributed by atoms with E-state index in [1.165, 1.54) is 5.56 Å². The first kappa shape index (κ1) is 22.6. The van der Waals surface area contributed by atoms with E-state index < -0.39 is 0 Å². The highest BCUT2D eigenvalue weighted by Gasteiger charge is 2.18. The van der Waals surface area contributed by atoms with Crippen molar-refractivity contribution in [3.63, 3.8) is 0 Å². The van der Waals surface area contributed by atoms with Crippen LogP contribution in [0.5, 0.6) is 11.5 Å². The fourth-order valence-corrected chi connectivity index (χ4v) is 4.63. The molecule has 0 bridgehead atoms. The average Bonchev–Trinajstić information content (AvgIpc) is 3.55. The summed E-state index contributed by atoms with van der Waals surface area (Å²) in [5.74, 6) is 2.26. The Morgan fingerprint density at radius 2 is 1.68 bits per heavy atom. The summed E-state index contributed by atoms with van der Waals surface area (Å²) in [6, 6.07) is 28.0. The highest BCUT2D eigenvalue weighted by atomic mass is 16.5. The maximum Gasteiger partial charge on any atom is 0.137 e. The molecule has 6 nitrogen and oxygen atoms in total. The number of aromatic nitrogens is 4. The van der Waals surface area contributed by atoms with Crippen LogP contribution < -0.4 is 4.74 Å². The lowest BCUT2D eigenvalue weighted by Crippen LogP contribution is -2.12. The second kappa shape index (κ2) is 8.65. The molecule has 6 aromatic rings. The molecule has 0 atom stereocenters. The lowest BCUT2D eigenvalue weighted by molar-refractivity contribution is 0.483. The Balaban J connectivity index is 1.51. The standard InChI is InChI=1S/C31H25N5O/c1-31(2,3)22-12-14-33-30(17-22)36-28-11-8-21(20-32)16-27(28)26-10-9-25(19-29(26)36)37-24-7-4-6-23(18-24)35-15-5-13-34-35/h4-19H,1-3H3. The molecule has 0 N–H and O–H groups in total. The fourth-order valence-electron chi connectivity index (χ4n) is 4.63. The number of nitrogens with zero attached hydrogens (tertiary/aromatic N) is 5. The number of nitriles is 1. The van der Waals surface area contributed by atoms with Crippen molar-refractivity contribution in [1.29, 1.82) is 5.26 Å². The SMILES string of the molecule is CC(C)(C)c1ccnc(-n2c3ccc(C#N)cc3c3ccc(Oc4cccc(-n5cccn5)c4)cc32)c1. The van der Waals surface area contributed by atoms with Crippen LogP contribution in [0.2, 0.25) is 0 Å². The molecule has 0 unspecified atom stereocenters. The Kier molecular flexibility index (Phi) is 5.27. The molecule has 0 saturated carbocycles. The topological polar surface area (TPSA) is 68.7 Å². The summed E-state index contributed by atoms with van der Waals surface area (Å²) in [7, 11) is 0. The van der Waals surface area contributed by atoms with Gasteiger partial charge in [-0.25, -0.2) is 9.67 Å². The number of hydrogen-bond donors (Lipinski definition) is 0. The van der Waals surface area contributed by atoms with Gasteiger partial charge in [-0.2, -0.15) is 10.4 Å². The monoisotopic (exact) mass is 483 g/mol. The summed E-state index contributed by atoms with van der Waals surface area (Å²) in [6.07, 6.45) is 5.51. The molecule has 180 valence electrons. The van der Waals surface area contributed by atoms with Crippen LogP contribution in [-0.4, -0.2) is 19.3 Å². The van der Waals surface area contributed by atoms with Gasteiger partial charge in [0.25, 0.3) is 0 Å². The van der Waals surface area contributed by atoms with Crippen LogP contribution in [0.3, 0.4) is 0 Å². The number of benzene rings is 3. The smallest absolute Gasteiger partial charge is 0.137 e. The molecule has 0 saturated heterocycles. The van der Waals surface area contributed by atoms with Crippen LogP contribution in [0, 0.1) is 11.3 Å². The van der Waals surface area contributed by atoms with E-state index in [9.17, 15) is 5.26 Å². The van der Waals surface area contributed by atoms with Gasteiger partial charge in [0.1, 0.15) is 17.3 Å². The predicted octanol–water partition coefficient (Wildman–Crippen LogP) is 7.33. The first-order valence-corrected chi connectivity index (χ1v) is 12.1. The van der Waals surface area contributed by atoms with Gasteiger partial charge < -0.3 is 4.74 Å². The maximum atomic E-state index is 9.52. The van der Waals surface area contributed by atoms with E-state index in [-0.39, 0.29) is 5.41 Å².